The van der Waals surface area contributed by atoms with Crippen LogP contribution in [-0.4, -0.2) is 58.0 Å². The number of nitrogens with one attached hydrogen (secondary N) is 1. The summed E-state index contributed by atoms with van der Waals surface area (Å²) >= 11 is 0. The summed E-state index contributed by atoms with van der Waals surface area (Å²) in [6.45, 7) is 10.5. The fraction of sp³-hybridized carbons (Fsp3) is 0.500. The monoisotopic (exact) mass is 342 g/mol. The molecule has 1 fully saturated rings. The second-order valence-electron chi connectivity index (χ2n) is 6.76. The molecule has 2 heterocycles. The lowest BCUT2D eigenvalue weighted by molar-refractivity contribution is 0.102. The van der Waals surface area contributed by atoms with E-state index in [1.54, 1.807) is 11.7 Å². The zero-order chi connectivity index (χ0) is 18.0. The lowest BCUT2D eigenvalue weighted by Crippen LogP contribution is -2.48. The van der Waals surface area contributed by atoms with Crippen LogP contribution >= 0.6 is 0 Å². The minimum Gasteiger partial charge on any atom is -0.369 e. The normalized spacial score (nSPS) is 15.6. The number of benzene rings is 1. The predicted octanol–water partition coefficient (Wildman–Crippen LogP) is 1.91. The summed E-state index contributed by atoms with van der Waals surface area (Å²) < 4.78 is 1.63. The maximum atomic E-state index is 12.4. The number of anilines is 2. The minimum absolute atomic E-state index is 0.167. The van der Waals surface area contributed by atoms with Crippen LogP contribution in [0.1, 0.15) is 29.9 Å². The van der Waals surface area contributed by atoms with Crippen molar-refractivity contribution < 1.29 is 4.79 Å². The molecule has 1 amide bonds. The Hall–Kier alpha value is -2.41. The SMILES string of the molecule is Cc1c(NC(=O)c2ccc(N3CCN(C(C)C)CC3)cc2)nnn1C. The summed E-state index contributed by atoms with van der Waals surface area (Å²) in [5, 5.41) is 10.7. The summed E-state index contributed by atoms with van der Waals surface area (Å²) in [7, 11) is 1.80. The number of hydrogen-bond donors (Lipinski definition) is 1. The van der Waals surface area contributed by atoms with Gasteiger partial charge < -0.3 is 10.2 Å². The van der Waals surface area contributed by atoms with Gasteiger partial charge in [0.2, 0.25) is 0 Å². The van der Waals surface area contributed by atoms with E-state index in [2.05, 4.69) is 39.3 Å². The lowest BCUT2D eigenvalue weighted by atomic mass is 10.1. The molecule has 0 unspecified atom stereocenters. The van der Waals surface area contributed by atoms with Crippen molar-refractivity contribution in [2.24, 2.45) is 7.05 Å². The van der Waals surface area contributed by atoms with E-state index in [0.29, 0.717) is 17.4 Å². The highest BCUT2D eigenvalue weighted by molar-refractivity contribution is 6.04. The second-order valence-corrected chi connectivity index (χ2v) is 6.76. The Morgan fingerprint density at radius 3 is 2.28 bits per heavy atom. The van der Waals surface area contributed by atoms with E-state index >= 15 is 0 Å². The fourth-order valence-electron chi connectivity index (χ4n) is 3.02. The van der Waals surface area contributed by atoms with Crippen LogP contribution in [0.15, 0.2) is 24.3 Å². The number of rotatable bonds is 4. The van der Waals surface area contributed by atoms with Crippen LogP contribution in [0.2, 0.25) is 0 Å². The molecule has 1 saturated heterocycles. The van der Waals surface area contributed by atoms with Gasteiger partial charge in [-0.15, -0.1) is 5.10 Å². The molecule has 7 heteroatoms. The van der Waals surface area contributed by atoms with Crippen molar-refractivity contribution in [3.63, 3.8) is 0 Å². The molecule has 0 aliphatic carbocycles. The third kappa shape index (κ3) is 3.82. The first-order chi connectivity index (χ1) is 12.0. The Labute approximate surface area is 148 Å². The fourth-order valence-corrected chi connectivity index (χ4v) is 3.02. The molecule has 1 aliphatic rings. The molecule has 3 rings (SSSR count). The molecule has 25 heavy (non-hydrogen) atoms. The Bertz CT molecular complexity index is 729. The highest BCUT2D eigenvalue weighted by atomic mass is 16.1. The quantitative estimate of drug-likeness (QED) is 0.919. The molecular weight excluding hydrogens is 316 g/mol. The van der Waals surface area contributed by atoms with Crippen LogP contribution in [0.25, 0.3) is 0 Å². The van der Waals surface area contributed by atoms with Crippen molar-refractivity contribution in [3.05, 3.63) is 35.5 Å². The Morgan fingerprint density at radius 1 is 1.12 bits per heavy atom. The maximum Gasteiger partial charge on any atom is 0.256 e. The van der Waals surface area contributed by atoms with Crippen molar-refractivity contribution >= 4 is 17.4 Å². The van der Waals surface area contributed by atoms with Gasteiger partial charge in [-0.3, -0.25) is 14.4 Å². The van der Waals surface area contributed by atoms with Crippen molar-refractivity contribution in [3.8, 4) is 0 Å². The summed E-state index contributed by atoms with van der Waals surface area (Å²) in [6, 6.07) is 8.36. The third-order valence-electron chi connectivity index (χ3n) is 4.88. The number of aryl methyl sites for hydroxylation is 1. The van der Waals surface area contributed by atoms with Crippen molar-refractivity contribution in [1.29, 1.82) is 0 Å². The van der Waals surface area contributed by atoms with Crippen LogP contribution in [0, 0.1) is 6.92 Å². The van der Waals surface area contributed by atoms with Crippen LogP contribution in [0.4, 0.5) is 11.5 Å². The molecule has 0 spiro atoms. The Morgan fingerprint density at radius 2 is 1.76 bits per heavy atom. The van der Waals surface area contributed by atoms with Gasteiger partial charge in [0, 0.05) is 50.5 Å². The van der Waals surface area contributed by atoms with Crippen molar-refractivity contribution in [2.45, 2.75) is 26.8 Å². The highest BCUT2D eigenvalue weighted by Gasteiger charge is 2.19. The summed E-state index contributed by atoms with van der Waals surface area (Å²) in [4.78, 5) is 17.2. The summed E-state index contributed by atoms with van der Waals surface area (Å²) in [5.41, 5.74) is 2.61. The number of nitrogens with zero attached hydrogens (tertiary/aromatic N) is 5. The van der Waals surface area contributed by atoms with E-state index in [1.165, 1.54) is 0 Å². The van der Waals surface area contributed by atoms with Gasteiger partial charge in [0.15, 0.2) is 5.82 Å². The van der Waals surface area contributed by atoms with Crippen LogP contribution in [-0.2, 0) is 7.05 Å². The Balaban J connectivity index is 1.62. The molecular formula is C18H26N6O. The third-order valence-corrected chi connectivity index (χ3v) is 4.88. The molecule has 2 aromatic rings. The topological polar surface area (TPSA) is 66.3 Å². The largest absolute Gasteiger partial charge is 0.369 e. The zero-order valence-corrected chi connectivity index (χ0v) is 15.4. The van der Waals surface area contributed by atoms with E-state index in [9.17, 15) is 4.79 Å². The molecule has 1 aromatic heterocycles. The molecule has 1 N–H and O–H groups in total. The van der Waals surface area contributed by atoms with Gasteiger partial charge in [0.05, 0.1) is 5.69 Å². The first-order valence-electron chi connectivity index (χ1n) is 8.72. The molecule has 0 atom stereocenters. The zero-order valence-electron chi connectivity index (χ0n) is 15.4. The van der Waals surface area contributed by atoms with Gasteiger partial charge >= 0.3 is 0 Å². The predicted molar refractivity (Wildman–Crippen MR) is 99.1 cm³/mol. The highest BCUT2D eigenvalue weighted by Crippen LogP contribution is 2.19. The van der Waals surface area contributed by atoms with Gasteiger partial charge in [0.1, 0.15) is 0 Å². The van der Waals surface area contributed by atoms with Crippen LogP contribution in [0.5, 0.6) is 0 Å². The van der Waals surface area contributed by atoms with Gasteiger partial charge in [-0.1, -0.05) is 5.21 Å². The number of hydrogen-bond acceptors (Lipinski definition) is 5. The van der Waals surface area contributed by atoms with Crippen molar-refractivity contribution in [2.75, 3.05) is 36.4 Å². The van der Waals surface area contributed by atoms with Crippen LogP contribution in [0.3, 0.4) is 0 Å². The average Bonchev–Trinajstić information content (AvgIpc) is 2.94. The van der Waals surface area contributed by atoms with Gasteiger partial charge in [0.25, 0.3) is 5.91 Å². The Kier molecular flexibility index (Phi) is 5.03. The number of carbonyl (C=O) groups excluding carboxylic acids is 1. The lowest BCUT2D eigenvalue weighted by Gasteiger charge is -2.38. The second kappa shape index (κ2) is 7.23. The number of aromatic nitrogens is 3. The van der Waals surface area contributed by atoms with Gasteiger partial charge in [-0.2, -0.15) is 0 Å². The first kappa shape index (κ1) is 17.4. The van der Waals surface area contributed by atoms with E-state index in [0.717, 1.165) is 37.6 Å². The summed E-state index contributed by atoms with van der Waals surface area (Å²) in [6.07, 6.45) is 0. The van der Waals surface area contributed by atoms with E-state index in [1.807, 2.05) is 31.2 Å². The molecule has 7 nitrogen and oxygen atoms in total. The first-order valence-corrected chi connectivity index (χ1v) is 8.72. The minimum atomic E-state index is -0.167. The van der Waals surface area contributed by atoms with Gasteiger partial charge in [-0.25, -0.2) is 0 Å². The van der Waals surface area contributed by atoms with Crippen LogP contribution < -0.4 is 10.2 Å². The number of amides is 1. The standard InChI is InChI=1S/C18H26N6O/c1-13(2)23-9-11-24(12-10-23)16-7-5-15(6-8-16)18(25)19-17-14(3)22(4)21-20-17/h5-8,13H,9-12H2,1-4H3,(H,19,25). The van der Waals surface area contributed by atoms with E-state index in [4.69, 9.17) is 0 Å². The number of carbonyl (C=O) groups is 1. The molecule has 134 valence electrons. The van der Waals surface area contributed by atoms with E-state index in [-0.39, 0.29) is 5.91 Å². The van der Waals surface area contributed by atoms with Crippen molar-refractivity contribution in [1.82, 2.24) is 19.9 Å². The molecule has 1 aliphatic heterocycles. The molecule has 0 radical (unpaired) electrons. The molecule has 0 saturated carbocycles. The smallest absolute Gasteiger partial charge is 0.256 e. The number of piperazine rings is 1. The summed E-state index contributed by atoms with van der Waals surface area (Å²) in [5.74, 6) is 0.334. The molecule has 0 bridgehead atoms. The maximum absolute atomic E-state index is 12.4. The molecule has 1 aromatic carbocycles. The van der Waals surface area contributed by atoms with E-state index < -0.39 is 0 Å². The van der Waals surface area contributed by atoms with Gasteiger partial charge in [-0.05, 0) is 45.0 Å². The average molecular weight is 342 g/mol.